The fraction of sp³-hybridized carbons (Fsp3) is 0.877. The number of hydrogen-bond donors (Lipinski definition) is 2. The fourth-order valence-corrected chi connectivity index (χ4v) is 8.44. The summed E-state index contributed by atoms with van der Waals surface area (Å²) in [6.45, 7) is 32.9. The largest absolute Gasteiger partial charge is 0.387 e. The molecule has 0 unspecified atom stereocenters. The van der Waals surface area contributed by atoms with Gasteiger partial charge in [0.15, 0.2) is 0 Å². The van der Waals surface area contributed by atoms with Crippen LogP contribution in [-0.4, -0.2) is 210 Å². The first-order chi connectivity index (χ1) is 40.7. The van der Waals surface area contributed by atoms with Crippen LogP contribution in [0.3, 0.4) is 0 Å². The Kier molecular flexibility index (Phi) is 53.8. The van der Waals surface area contributed by atoms with Crippen LogP contribution in [0, 0.1) is 17.3 Å². The van der Waals surface area contributed by atoms with Crippen LogP contribution in [0.1, 0.15) is 185 Å². The molecule has 20 heteroatoms. The van der Waals surface area contributed by atoms with Crippen molar-refractivity contribution in [1.82, 2.24) is 15.5 Å². The summed E-state index contributed by atoms with van der Waals surface area (Å²) in [7, 11) is 0. The van der Waals surface area contributed by atoms with Gasteiger partial charge in [-0.3, -0.25) is 28.8 Å². The maximum Gasteiger partial charge on any atom is 0.222 e. The van der Waals surface area contributed by atoms with Crippen molar-refractivity contribution in [2.24, 2.45) is 17.3 Å². The zero-order chi connectivity index (χ0) is 63.2. The van der Waals surface area contributed by atoms with Crippen LogP contribution in [0.2, 0.25) is 0 Å². The van der Waals surface area contributed by atoms with Crippen LogP contribution in [0.4, 0.5) is 0 Å². The van der Waals surface area contributed by atoms with Crippen molar-refractivity contribution in [2.45, 2.75) is 203 Å². The van der Waals surface area contributed by atoms with Gasteiger partial charge in [-0.15, -0.1) is 0 Å². The third-order valence-corrected chi connectivity index (χ3v) is 13.0. The molecule has 0 radical (unpaired) electrons. The molecule has 0 aromatic rings. The molecular weight excluding hydrogens is 1090 g/mol. The number of nitrogens with zero attached hydrogens (tertiary/aromatic N) is 1. The fourth-order valence-electron chi connectivity index (χ4n) is 8.44. The van der Waals surface area contributed by atoms with Crippen molar-refractivity contribution in [3.63, 3.8) is 0 Å². The second-order valence-corrected chi connectivity index (χ2v) is 23.7. The Bertz CT molecular complexity index is 1650. The highest BCUT2D eigenvalue weighted by atomic mass is 16.5. The molecule has 2 amide bonds. The number of ketones is 4. The summed E-state index contributed by atoms with van der Waals surface area (Å²) in [5.41, 5.74) is -0.00302. The second kappa shape index (κ2) is 56.0. The van der Waals surface area contributed by atoms with Gasteiger partial charge in [-0.1, -0.05) is 34.3 Å². The first-order valence-electron chi connectivity index (χ1n) is 32.2. The molecule has 0 bridgehead atoms. The van der Waals surface area contributed by atoms with E-state index in [9.17, 15) is 28.8 Å². The van der Waals surface area contributed by atoms with E-state index in [1.54, 1.807) is 4.90 Å². The lowest BCUT2D eigenvalue weighted by Crippen LogP contribution is -2.42. The van der Waals surface area contributed by atoms with E-state index in [0.717, 1.165) is 18.5 Å². The van der Waals surface area contributed by atoms with E-state index < -0.39 is 5.41 Å². The SMILES string of the molecule is C=C(CC(C)C)NCCN(CCNC(=O)CCC(=O)CC(COCCCOCCC(=O)CCCOCCOC(C)C)(COCCCOCCC(=O)CCCOCCOC(C)C)COCCCOCCC(=O)CCCOC(C)C)C(=O)CCC(C)C. The Morgan fingerprint density at radius 3 is 1.20 bits per heavy atom. The number of amides is 2. The molecule has 0 saturated carbocycles. The van der Waals surface area contributed by atoms with Gasteiger partial charge in [0.25, 0.3) is 0 Å². The van der Waals surface area contributed by atoms with Gasteiger partial charge in [-0.2, -0.15) is 0 Å². The van der Waals surface area contributed by atoms with Gasteiger partial charge in [-0.05, 0) is 105 Å². The van der Waals surface area contributed by atoms with E-state index in [4.69, 9.17) is 52.1 Å². The maximum absolute atomic E-state index is 14.0. The summed E-state index contributed by atoms with van der Waals surface area (Å²) in [4.78, 5) is 79.6. The van der Waals surface area contributed by atoms with Gasteiger partial charge < -0.3 is 67.6 Å². The number of hydrogen-bond acceptors (Lipinski definition) is 18. The molecule has 498 valence electrons. The molecule has 0 atom stereocenters. The number of ether oxygens (including phenoxy) is 11. The van der Waals surface area contributed by atoms with Gasteiger partial charge in [-0.25, -0.2) is 0 Å². The highest BCUT2D eigenvalue weighted by Crippen LogP contribution is 2.27. The lowest BCUT2D eigenvalue weighted by atomic mass is 9.84. The predicted octanol–water partition coefficient (Wildman–Crippen LogP) is 9.04. The number of nitrogens with one attached hydrogen (secondary N) is 2. The van der Waals surface area contributed by atoms with E-state index in [0.29, 0.717) is 221 Å². The standard InChI is InChI=1S/C65H121N3O17/c1-53(2)21-24-64(74)68(30-28-66-58(11)48-54(3)4)31-29-67-63(73)23-22-62(72)49-65(52-82-39-17-36-77-43-27-61(71)20-14-40-83-55(5)6,50-80-37-15-34-75-41-25-59(69)18-12-32-78-44-46-84-56(7)8)51-81-38-16-35-76-42-26-60(70)19-13-33-79-45-47-85-57(9)10/h53-57,66H,11-52H2,1-10H3,(H,67,73). The molecule has 0 spiro atoms. The summed E-state index contributed by atoms with van der Waals surface area (Å²) in [5, 5.41) is 6.26. The van der Waals surface area contributed by atoms with Gasteiger partial charge in [0.2, 0.25) is 11.8 Å². The first kappa shape index (κ1) is 81.7. The monoisotopic (exact) mass is 1220 g/mol. The van der Waals surface area contributed by atoms with Crippen LogP contribution >= 0.6 is 0 Å². The van der Waals surface area contributed by atoms with Crippen molar-refractivity contribution in [3.8, 4) is 0 Å². The molecule has 0 saturated heterocycles. The minimum Gasteiger partial charge on any atom is -0.387 e. The Morgan fingerprint density at radius 1 is 0.388 bits per heavy atom. The molecular formula is C65H121N3O17. The third-order valence-electron chi connectivity index (χ3n) is 13.0. The van der Waals surface area contributed by atoms with Crippen LogP contribution < -0.4 is 10.6 Å². The number of allylic oxidation sites excluding steroid dienone is 1. The highest BCUT2D eigenvalue weighted by molar-refractivity contribution is 5.85. The van der Waals surface area contributed by atoms with Crippen LogP contribution in [0.25, 0.3) is 0 Å². The minimum absolute atomic E-state index is 0.0130. The van der Waals surface area contributed by atoms with Gasteiger partial charge >= 0.3 is 0 Å². The van der Waals surface area contributed by atoms with E-state index in [1.807, 2.05) is 41.5 Å². The zero-order valence-electron chi connectivity index (χ0n) is 55.0. The molecule has 0 aliphatic carbocycles. The minimum atomic E-state index is -0.928. The first-order valence-corrected chi connectivity index (χ1v) is 32.2. The van der Waals surface area contributed by atoms with Crippen molar-refractivity contribution >= 4 is 34.9 Å². The quantitative estimate of drug-likeness (QED) is 0.0541. The number of carbonyl (C=O) groups is 6. The number of Topliss-reactive ketones (excluding diaryl/α,β-unsaturated/α-hetero) is 4. The summed E-state index contributed by atoms with van der Waals surface area (Å²) in [6.07, 6.45) is 8.25. The number of carbonyl (C=O) groups excluding carboxylic acids is 6. The lowest BCUT2D eigenvalue weighted by molar-refractivity contribution is -0.132. The molecule has 0 heterocycles. The molecule has 0 aliphatic rings. The highest BCUT2D eigenvalue weighted by Gasteiger charge is 2.35. The Labute approximate surface area is 513 Å². The molecule has 0 aliphatic heterocycles. The molecule has 20 nitrogen and oxygen atoms in total. The van der Waals surface area contributed by atoms with E-state index in [-0.39, 0.29) is 98.9 Å². The summed E-state index contributed by atoms with van der Waals surface area (Å²) in [6, 6.07) is 0. The predicted molar refractivity (Wildman–Crippen MR) is 332 cm³/mol. The van der Waals surface area contributed by atoms with Crippen molar-refractivity contribution < 1.29 is 80.9 Å². The molecule has 2 N–H and O–H groups in total. The van der Waals surface area contributed by atoms with Gasteiger partial charge in [0.1, 0.15) is 23.1 Å². The molecule has 85 heavy (non-hydrogen) atoms. The van der Waals surface area contributed by atoms with Crippen LogP contribution in [0.15, 0.2) is 12.3 Å². The van der Waals surface area contributed by atoms with E-state index in [2.05, 4.69) is 44.9 Å². The molecule has 0 rings (SSSR count). The smallest absolute Gasteiger partial charge is 0.222 e. The Morgan fingerprint density at radius 2 is 0.776 bits per heavy atom. The Balaban J connectivity index is 5.78. The average molecular weight is 1220 g/mol. The third kappa shape index (κ3) is 55.8. The molecule has 0 aromatic heterocycles. The number of rotatable bonds is 65. The maximum atomic E-state index is 14.0. The van der Waals surface area contributed by atoms with E-state index in [1.165, 1.54) is 0 Å². The lowest BCUT2D eigenvalue weighted by Gasteiger charge is -2.33. The average Bonchev–Trinajstić information content (AvgIpc) is 3.62. The second-order valence-electron chi connectivity index (χ2n) is 23.7. The normalized spacial score (nSPS) is 11.9. The van der Waals surface area contributed by atoms with Gasteiger partial charge in [0.05, 0.1) is 84.4 Å². The van der Waals surface area contributed by atoms with Crippen LogP contribution in [-0.2, 0) is 80.9 Å². The van der Waals surface area contributed by atoms with Crippen LogP contribution in [0.5, 0.6) is 0 Å². The summed E-state index contributed by atoms with van der Waals surface area (Å²) < 4.78 is 63.8. The molecule has 0 fully saturated rings. The summed E-state index contributed by atoms with van der Waals surface area (Å²) >= 11 is 0. The van der Waals surface area contributed by atoms with Crippen molar-refractivity contribution in [1.29, 1.82) is 0 Å². The van der Waals surface area contributed by atoms with E-state index >= 15 is 0 Å². The topological polar surface area (TPSA) is 231 Å². The van der Waals surface area contributed by atoms with Crippen molar-refractivity contribution in [2.75, 3.05) is 152 Å². The summed E-state index contributed by atoms with van der Waals surface area (Å²) in [5.74, 6) is 0.773. The zero-order valence-corrected chi connectivity index (χ0v) is 55.0. The van der Waals surface area contributed by atoms with Crippen molar-refractivity contribution in [3.05, 3.63) is 12.3 Å². The Hall–Kier alpha value is -3.28. The van der Waals surface area contributed by atoms with Gasteiger partial charge in [0, 0.05) is 161 Å². The molecule has 0 aromatic carbocycles.